The number of sulfonamides is 1. The molecular weight excluding hydrogens is 384 g/mol. The van der Waals surface area contributed by atoms with Crippen LogP contribution < -0.4 is 14.4 Å². The quantitative estimate of drug-likeness (QED) is 0.589. The maximum Gasteiger partial charge on any atom is 0.261 e. The maximum atomic E-state index is 12.5. The van der Waals surface area contributed by atoms with E-state index in [2.05, 4.69) is 5.32 Å². The number of thioether (sulfide) groups is 1. The molecule has 1 atom stereocenters. The van der Waals surface area contributed by atoms with Crippen LogP contribution >= 0.6 is 11.8 Å². The fourth-order valence-electron chi connectivity index (χ4n) is 2.83. The van der Waals surface area contributed by atoms with Gasteiger partial charge in [-0.2, -0.15) is 0 Å². The highest BCUT2D eigenvalue weighted by Gasteiger charge is 2.30. The van der Waals surface area contributed by atoms with E-state index in [9.17, 15) is 13.2 Å². The van der Waals surface area contributed by atoms with Crippen LogP contribution in [-0.2, 0) is 14.8 Å². The molecule has 3 rings (SSSR count). The third-order valence-electron chi connectivity index (χ3n) is 4.10. The molecule has 1 N–H and O–H groups in total. The predicted octanol–water partition coefficient (Wildman–Crippen LogP) is 2.51. The molecule has 8 heteroatoms. The number of rotatable bonds is 6. The van der Waals surface area contributed by atoms with E-state index in [4.69, 9.17) is 4.74 Å². The normalized spacial score (nSPS) is 16.8. The Balaban J connectivity index is 1.60. The van der Waals surface area contributed by atoms with Crippen LogP contribution in [0.3, 0.4) is 0 Å². The first kappa shape index (κ1) is 19.6. The minimum Gasteiger partial charge on any atom is -0.478 e. The van der Waals surface area contributed by atoms with Gasteiger partial charge in [-0.25, -0.2) is 8.42 Å². The lowest BCUT2D eigenvalue weighted by Gasteiger charge is -2.20. The standard InChI is InChI=1S/C19H22N2O4S2/c1-27(23,24)21-13-11-18(25-17-10-6-5-9-16(17)21)19(22)20-12-14-26-15-7-3-2-4-8-15/h2-10,18H,11-14H2,1H3,(H,20,22)/t18-/m1/s1. The number of anilines is 1. The zero-order chi connectivity index (χ0) is 19.3. The Morgan fingerprint density at radius 3 is 2.63 bits per heavy atom. The number of para-hydroxylation sites is 2. The average molecular weight is 407 g/mol. The number of nitrogens with one attached hydrogen (secondary N) is 1. The molecule has 1 amide bonds. The summed E-state index contributed by atoms with van der Waals surface area (Å²) >= 11 is 1.66. The van der Waals surface area contributed by atoms with Crippen molar-refractivity contribution < 1.29 is 17.9 Å². The number of hydrogen-bond donors (Lipinski definition) is 1. The molecule has 0 saturated heterocycles. The van der Waals surface area contributed by atoms with E-state index < -0.39 is 16.1 Å². The summed E-state index contributed by atoms with van der Waals surface area (Å²) in [7, 11) is -3.44. The second-order valence-electron chi connectivity index (χ2n) is 6.15. The summed E-state index contributed by atoms with van der Waals surface area (Å²) in [6.07, 6.45) is 0.726. The molecule has 0 spiro atoms. The molecule has 0 radical (unpaired) electrons. The summed E-state index contributed by atoms with van der Waals surface area (Å²) in [4.78, 5) is 13.7. The number of nitrogens with zero attached hydrogens (tertiary/aromatic N) is 1. The molecule has 0 aliphatic carbocycles. The van der Waals surface area contributed by atoms with Crippen LogP contribution in [0.1, 0.15) is 6.42 Å². The van der Waals surface area contributed by atoms with Gasteiger partial charge in [0.05, 0.1) is 11.9 Å². The Bertz CT molecular complexity index is 888. The molecule has 0 saturated carbocycles. The lowest BCUT2D eigenvalue weighted by Crippen LogP contribution is -2.40. The summed E-state index contributed by atoms with van der Waals surface area (Å²) in [6, 6.07) is 16.9. The van der Waals surface area contributed by atoms with Crippen molar-refractivity contribution in [2.45, 2.75) is 17.4 Å². The van der Waals surface area contributed by atoms with E-state index in [1.54, 1.807) is 36.0 Å². The Morgan fingerprint density at radius 2 is 1.89 bits per heavy atom. The minimum atomic E-state index is -3.44. The molecule has 1 aliphatic rings. The topological polar surface area (TPSA) is 75.7 Å². The highest BCUT2D eigenvalue weighted by atomic mass is 32.2. The van der Waals surface area contributed by atoms with Crippen LogP contribution in [0, 0.1) is 0 Å². The number of fused-ring (bicyclic) bond motifs is 1. The van der Waals surface area contributed by atoms with Gasteiger partial charge in [-0.1, -0.05) is 30.3 Å². The number of hydrogen-bond acceptors (Lipinski definition) is 5. The van der Waals surface area contributed by atoms with Crippen molar-refractivity contribution in [2.24, 2.45) is 0 Å². The molecule has 27 heavy (non-hydrogen) atoms. The lowest BCUT2D eigenvalue weighted by molar-refractivity contribution is -0.127. The van der Waals surface area contributed by atoms with Gasteiger partial charge in [-0.3, -0.25) is 9.10 Å². The molecule has 1 heterocycles. The van der Waals surface area contributed by atoms with Crippen LogP contribution in [0.4, 0.5) is 5.69 Å². The van der Waals surface area contributed by atoms with Crippen molar-refractivity contribution in [1.82, 2.24) is 5.32 Å². The summed E-state index contributed by atoms with van der Waals surface area (Å²) in [6.45, 7) is 0.711. The fraction of sp³-hybridized carbons (Fsp3) is 0.316. The van der Waals surface area contributed by atoms with Crippen LogP contribution in [0.5, 0.6) is 5.75 Å². The molecule has 0 aromatic heterocycles. The van der Waals surface area contributed by atoms with Gasteiger partial charge in [0.1, 0.15) is 5.75 Å². The summed E-state index contributed by atoms with van der Waals surface area (Å²) in [5, 5.41) is 2.88. The molecular formula is C19H22N2O4S2. The summed E-state index contributed by atoms with van der Waals surface area (Å²) in [5.74, 6) is 0.919. The van der Waals surface area contributed by atoms with Crippen LogP contribution in [0.25, 0.3) is 0 Å². The van der Waals surface area contributed by atoms with E-state index in [1.165, 1.54) is 4.31 Å². The molecule has 2 aromatic carbocycles. The number of carbonyl (C=O) groups is 1. The number of carbonyl (C=O) groups excluding carboxylic acids is 1. The zero-order valence-electron chi connectivity index (χ0n) is 15.0. The third-order valence-corrected chi connectivity index (χ3v) is 6.30. The first-order valence-corrected chi connectivity index (χ1v) is 11.5. The second-order valence-corrected chi connectivity index (χ2v) is 9.23. The van der Waals surface area contributed by atoms with E-state index in [1.807, 2.05) is 30.3 Å². The zero-order valence-corrected chi connectivity index (χ0v) is 16.6. The highest BCUT2D eigenvalue weighted by Crippen LogP contribution is 2.33. The van der Waals surface area contributed by atoms with Gasteiger partial charge in [-0.05, 0) is 24.3 Å². The predicted molar refractivity (Wildman–Crippen MR) is 108 cm³/mol. The van der Waals surface area contributed by atoms with Gasteiger partial charge < -0.3 is 10.1 Å². The number of amides is 1. The van der Waals surface area contributed by atoms with Crippen molar-refractivity contribution in [3.8, 4) is 5.75 Å². The molecule has 0 unspecified atom stereocenters. The van der Waals surface area contributed by atoms with Gasteiger partial charge in [0.25, 0.3) is 5.91 Å². The van der Waals surface area contributed by atoms with Gasteiger partial charge >= 0.3 is 0 Å². The third kappa shape index (κ3) is 5.17. The van der Waals surface area contributed by atoms with Crippen molar-refractivity contribution in [3.63, 3.8) is 0 Å². The van der Waals surface area contributed by atoms with Crippen LogP contribution in [-0.4, -0.2) is 45.5 Å². The Hall–Kier alpha value is -2.19. The smallest absolute Gasteiger partial charge is 0.261 e. The second kappa shape index (κ2) is 8.67. The van der Waals surface area contributed by atoms with E-state index in [0.717, 1.165) is 16.9 Å². The van der Waals surface area contributed by atoms with Gasteiger partial charge in [0.15, 0.2) is 6.10 Å². The molecule has 0 bridgehead atoms. The minimum absolute atomic E-state index is 0.201. The van der Waals surface area contributed by atoms with Crippen molar-refractivity contribution in [2.75, 3.05) is 29.4 Å². The first-order valence-electron chi connectivity index (χ1n) is 8.64. The van der Waals surface area contributed by atoms with Gasteiger partial charge in [-0.15, -0.1) is 11.8 Å². The lowest BCUT2D eigenvalue weighted by atomic mass is 10.2. The largest absolute Gasteiger partial charge is 0.478 e. The van der Waals surface area contributed by atoms with E-state index in [-0.39, 0.29) is 12.5 Å². The van der Waals surface area contributed by atoms with Gasteiger partial charge in [0, 0.05) is 30.2 Å². The van der Waals surface area contributed by atoms with Crippen molar-refractivity contribution in [3.05, 3.63) is 54.6 Å². The highest BCUT2D eigenvalue weighted by molar-refractivity contribution is 7.99. The molecule has 6 nitrogen and oxygen atoms in total. The SMILES string of the molecule is CS(=O)(=O)N1CC[C@H](C(=O)NCCSc2ccccc2)Oc2ccccc21. The maximum absolute atomic E-state index is 12.5. The number of ether oxygens (including phenoxy) is 1. The fourth-order valence-corrected chi connectivity index (χ4v) is 4.57. The monoisotopic (exact) mass is 406 g/mol. The van der Waals surface area contributed by atoms with Crippen LogP contribution in [0.2, 0.25) is 0 Å². The Morgan fingerprint density at radius 1 is 1.19 bits per heavy atom. The summed E-state index contributed by atoms with van der Waals surface area (Å²) in [5.41, 5.74) is 0.468. The Labute approximate surface area is 164 Å². The Kier molecular flexibility index (Phi) is 6.28. The van der Waals surface area contributed by atoms with Gasteiger partial charge in [0.2, 0.25) is 10.0 Å². The van der Waals surface area contributed by atoms with E-state index >= 15 is 0 Å². The van der Waals surface area contributed by atoms with Crippen molar-refractivity contribution >= 4 is 33.4 Å². The van der Waals surface area contributed by atoms with Crippen LogP contribution in [0.15, 0.2) is 59.5 Å². The van der Waals surface area contributed by atoms with E-state index in [0.29, 0.717) is 24.4 Å². The number of benzene rings is 2. The molecule has 2 aromatic rings. The molecule has 144 valence electrons. The molecule has 0 fully saturated rings. The first-order chi connectivity index (χ1) is 12.9. The van der Waals surface area contributed by atoms with Crippen molar-refractivity contribution in [1.29, 1.82) is 0 Å². The average Bonchev–Trinajstić information content (AvgIpc) is 2.85. The molecule has 1 aliphatic heterocycles. The summed E-state index contributed by atoms with van der Waals surface area (Å²) < 4.78 is 31.3.